The quantitative estimate of drug-likeness (QED) is 0.812. The van der Waals surface area contributed by atoms with Crippen LogP contribution in [0, 0.1) is 5.92 Å². The number of nitrogens with two attached hydrogens (primary N) is 1. The number of hydrogen-bond donors (Lipinski definition) is 1. The number of likely N-dealkylation sites (tertiary alicyclic amines) is 1. The molecule has 1 amide bonds. The maximum Gasteiger partial charge on any atom is 0.291 e. The maximum atomic E-state index is 12.0. The van der Waals surface area contributed by atoms with Crippen molar-refractivity contribution < 1.29 is 9.21 Å². The highest BCUT2D eigenvalue weighted by Gasteiger charge is 2.23. The Bertz CT molecular complexity index is 367. The highest BCUT2D eigenvalue weighted by molar-refractivity contribution is 5.91. The molecule has 5 heteroatoms. The van der Waals surface area contributed by atoms with Crippen LogP contribution in [0.15, 0.2) is 10.6 Å². The van der Waals surface area contributed by atoms with Crippen molar-refractivity contribution in [3.05, 3.63) is 17.8 Å². The molecule has 0 spiro atoms. The zero-order valence-electron chi connectivity index (χ0n) is 9.48. The van der Waals surface area contributed by atoms with E-state index in [4.69, 9.17) is 10.2 Å². The molecule has 1 aromatic heterocycles. The Kier molecular flexibility index (Phi) is 3.24. The highest BCUT2D eigenvalue weighted by Crippen LogP contribution is 2.18. The van der Waals surface area contributed by atoms with Gasteiger partial charge < -0.3 is 15.1 Å². The van der Waals surface area contributed by atoms with Gasteiger partial charge in [-0.15, -0.1) is 0 Å². The molecule has 0 atom stereocenters. The number of oxazole rings is 1. The summed E-state index contributed by atoms with van der Waals surface area (Å²) in [6.45, 7) is 4.05. The summed E-state index contributed by atoms with van der Waals surface area (Å²) in [5.74, 6) is 1.35. The van der Waals surface area contributed by atoms with Gasteiger partial charge in [0, 0.05) is 13.1 Å². The monoisotopic (exact) mass is 223 g/mol. The summed E-state index contributed by atoms with van der Waals surface area (Å²) in [7, 11) is 0. The molecule has 1 aromatic rings. The average Bonchev–Trinajstić information content (AvgIpc) is 2.77. The fraction of sp³-hybridized carbons (Fsp3) is 0.636. The standard InChI is InChI=1S/C11H17N3O2/c1-8-2-4-14(5-3-8)11(15)9-7-13-10(6-12)16-9/h7-8H,2-6,12H2,1H3. The van der Waals surface area contributed by atoms with E-state index in [-0.39, 0.29) is 12.5 Å². The summed E-state index contributed by atoms with van der Waals surface area (Å²) >= 11 is 0. The summed E-state index contributed by atoms with van der Waals surface area (Å²) in [4.78, 5) is 17.7. The second-order valence-corrected chi connectivity index (χ2v) is 4.30. The number of hydrogen-bond acceptors (Lipinski definition) is 4. The third kappa shape index (κ3) is 2.24. The molecule has 0 saturated carbocycles. The van der Waals surface area contributed by atoms with Crippen LogP contribution < -0.4 is 5.73 Å². The van der Waals surface area contributed by atoms with Gasteiger partial charge in [-0.05, 0) is 18.8 Å². The van der Waals surface area contributed by atoms with E-state index in [1.54, 1.807) is 0 Å². The van der Waals surface area contributed by atoms with Gasteiger partial charge in [0.2, 0.25) is 11.7 Å². The van der Waals surface area contributed by atoms with Crippen LogP contribution in [0.5, 0.6) is 0 Å². The smallest absolute Gasteiger partial charge is 0.291 e. The summed E-state index contributed by atoms with van der Waals surface area (Å²) in [6.07, 6.45) is 3.58. The molecule has 0 aromatic carbocycles. The molecule has 1 saturated heterocycles. The molecule has 2 rings (SSSR count). The molecule has 1 aliphatic rings. The van der Waals surface area contributed by atoms with Crippen LogP contribution in [0.4, 0.5) is 0 Å². The number of carbonyl (C=O) groups excluding carboxylic acids is 1. The van der Waals surface area contributed by atoms with E-state index >= 15 is 0 Å². The second kappa shape index (κ2) is 4.65. The van der Waals surface area contributed by atoms with Crippen LogP contribution in [-0.4, -0.2) is 28.9 Å². The van der Waals surface area contributed by atoms with Crippen molar-refractivity contribution in [2.24, 2.45) is 11.7 Å². The van der Waals surface area contributed by atoms with E-state index in [0.717, 1.165) is 25.9 Å². The normalized spacial score (nSPS) is 17.8. The lowest BCUT2D eigenvalue weighted by atomic mass is 9.99. The van der Waals surface area contributed by atoms with Crippen LogP contribution in [-0.2, 0) is 6.54 Å². The molecule has 0 radical (unpaired) electrons. The molecule has 2 N–H and O–H groups in total. The summed E-state index contributed by atoms with van der Waals surface area (Å²) in [6, 6.07) is 0. The Morgan fingerprint density at radius 3 is 2.88 bits per heavy atom. The van der Waals surface area contributed by atoms with E-state index in [1.807, 2.05) is 4.90 Å². The van der Waals surface area contributed by atoms with Crippen LogP contribution in [0.2, 0.25) is 0 Å². The number of rotatable bonds is 2. The lowest BCUT2D eigenvalue weighted by Gasteiger charge is -2.29. The lowest BCUT2D eigenvalue weighted by molar-refractivity contribution is 0.0663. The number of piperidine rings is 1. The van der Waals surface area contributed by atoms with Gasteiger partial charge >= 0.3 is 0 Å². The fourth-order valence-electron chi connectivity index (χ4n) is 1.87. The fourth-order valence-corrected chi connectivity index (χ4v) is 1.87. The predicted octanol–water partition coefficient (Wildman–Crippen LogP) is 1.01. The summed E-state index contributed by atoms with van der Waals surface area (Å²) in [5, 5.41) is 0. The van der Waals surface area contributed by atoms with Crippen LogP contribution in [0.1, 0.15) is 36.2 Å². The van der Waals surface area contributed by atoms with Crippen LogP contribution >= 0.6 is 0 Å². The van der Waals surface area contributed by atoms with Gasteiger partial charge in [0.05, 0.1) is 12.7 Å². The maximum absolute atomic E-state index is 12.0. The third-order valence-corrected chi connectivity index (χ3v) is 3.01. The highest BCUT2D eigenvalue weighted by atomic mass is 16.4. The lowest BCUT2D eigenvalue weighted by Crippen LogP contribution is -2.37. The molecule has 0 aliphatic carbocycles. The van der Waals surface area contributed by atoms with Gasteiger partial charge in [0.15, 0.2) is 0 Å². The van der Waals surface area contributed by atoms with Crippen molar-refractivity contribution in [2.75, 3.05) is 13.1 Å². The number of carbonyl (C=O) groups is 1. The third-order valence-electron chi connectivity index (χ3n) is 3.01. The van der Waals surface area contributed by atoms with Crippen molar-refractivity contribution in [1.29, 1.82) is 0 Å². The molecule has 0 bridgehead atoms. The van der Waals surface area contributed by atoms with E-state index in [1.165, 1.54) is 6.20 Å². The van der Waals surface area contributed by atoms with Gasteiger partial charge in [-0.3, -0.25) is 4.79 Å². The molecule has 1 aliphatic heterocycles. The van der Waals surface area contributed by atoms with E-state index in [2.05, 4.69) is 11.9 Å². The molecular weight excluding hydrogens is 206 g/mol. The van der Waals surface area contributed by atoms with Gasteiger partial charge in [-0.1, -0.05) is 6.92 Å². The topological polar surface area (TPSA) is 72.4 Å². The first-order valence-electron chi connectivity index (χ1n) is 5.64. The van der Waals surface area contributed by atoms with E-state index < -0.39 is 0 Å². The number of nitrogens with zero attached hydrogens (tertiary/aromatic N) is 2. The van der Waals surface area contributed by atoms with Crippen molar-refractivity contribution in [3.8, 4) is 0 Å². The molecule has 0 unspecified atom stereocenters. The molecule has 1 fully saturated rings. The zero-order chi connectivity index (χ0) is 11.5. The van der Waals surface area contributed by atoms with Gasteiger partial charge in [0.25, 0.3) is 5.91 Å². The molecule has 16 heavy (non-hydrogen) atoms. The summed E-state index contributed by atoms with van der Waals surface area (Å²) in [5.41, 5.74) is 5.38. The minimum atomic E-state index is -0.0703. The number of aromatic nitrogens is 1. The minimum absolute atomic E-state index is 0.0703. The van der Waals surface area contributed by atoms with E-state index in [9.17, 15) is 4.79 Å². The van der Waals surface area contributed by atoms with Crippen LogP contribution in [0.3, 0.4) is 0 Å². The van der Waals surface area contributed by atoms with Gasteiger partial charge in [0.1, 0.15) is 0 Å². The first-order chi connectivity index (χ1) is 7.70. The first-order valence-corrected chi connectivity index (χ1v) is 5.64. The Balaban J connectivity index is 2.01. The van der Waals surface area contributed by atoms with Gasteiger partial charge in [-0.2, -0.15) is 0 Å². The Labute approximate surface area is 94.6 Å². The number of amides is 1. The minimum Gasteiger partial charge on any atom is -0.434 e. The SMILES string of the molecule is CC1CCN(C(=O)c2cnc(CN)o2)CC1. The molecule has 2 heterocycles. The van der Waals surface area contributed by atoms with Gasteiger partial charge in [-0.25, -0.2) is 4.98 Å². The zero-order valence-corrected chi connectivity index (χ0v) is 9.48. The van der Waals surface area contributed by atoms with Crippen molar-refractivity contribution in [2.45, 2.75) is 26.3 Å². The second-order valence-electron chi connectivity index (χ2n) is 4.30. The Hall–Kier alpha value is -1.36. The predicted molar refractivity (Wildman–Crippen MR) is 58.7 cm³/mol. The Morgan fingerprint density at radius 2 is 2.31 bits per heavy atom. The van der Waals surface area contributed by atoms with Crippen LogP contribution in [0.25, 0.3) is 0 Å². The van der Waals surface area contributed by atoms with Crippen molar-refractivity contribution >= 4 is 5.91 Å². The molecule has 88 valence electrons. The van der Waals surface area contributed by atoms with Crippen molar-refractivity contribution in [1.82, 2.24) is 9.88 Å². The molecular formula is C11H17N3O2. The summed E-state index contributed by atoms with van der Waals surface area (Å²) < 4.78 is 5.25. The average molecular weight is 223 g/mol. The largest absolute Gasteiger partial charge is 0.434 e. The van der Waals surface area contributed by atoms with Crippen molar-refractivity contribution in [3.63, 3.8) is 0 Å². The first kappa shape index (κ1) is 11.1. The molecule has 5 nitrogen and oxygen atoms in total. The Morgan fingerprint density at radius 1 is 1.62 bits per heavy atom. The van der Waals surface area contributed by atoms with E-state index in [0.29, 0.717) is 17.6 Å².